The Morgan fingerprint density at radius 3 is 2.37 bits per heavy atom. The molecule has 5 rings (SSSR count). The Bertz CT molecular complexity index is 1050. The van der Waals surface area contributed by atoms with Gasteiger partial charge in [0, 0.05) is 30.8 Å². The maximum Gasteiger partial charge on any atom is 0.229 e. The molecule has 0 atom stereocenters. The van der Waals surface area contributed by atoms with Crippen LogP contribution in [0.3, 0.4) is 0 Å². The van der Waals surface area contributed by atoms with E-state index in [9.17, 15) is 0 Å². The van der Waals surface area contributed by atoms with E-state index >= 15 is 0 Å². The summed E-state index contributed by atoms with van der Waals surface area (Å²) < 4.78 is 11.0. The standard InChI is InChI=1S/C24H26N4O2/c1-29-21-12-17-10-11-28(15-18(17)13-22(21)30-2)23-14-20(16-8-9-16)26-24(27-23)25-19-6-4-3-5-7-19/h3-7,12-14,16H,8-11,15H2,1-2H3,(H,25,26,27). The van der Waals surface area contributed by atoms with Gasteiger partial charge in [-0.1, -0.05) is 18.2 Å². The predicted octanol–water partition coefficient (Wildman–Crippen LogP) is 4.68. The van der Waals surface area contributed by atoms with Gasteiger partial charge in [-0.25, -0.2) is 4.98 Å². The lowest BCUT2D eigenvalue weighted by Gasteiger charge is -2.31. The SMILES string of the molecule is COc1cc2c(cc1OC)CN(c1cc(C3CC3)nc(Nc3ccccc3)n1)CC2. The number of benzene rings is 2. The van der Waals surface area contributed by atoms with E-state index in [-0.39, 0.29) is 0 Å². The monoisotopic (exact) mass is 402 g/mol. The van der Waals surface area contributed by atoms with Crippen LogP contribution in [0.4, 0.5) is 17.5 Å². The zero-order valence-electron chi connectivity index (χ0n) is 17.4. The molecule has 30 heavy (non-hydrogen) atoms. The van der Waals surface area contributed by atoms with Gasteiger partial charge >= 0.3 is 0 Å². The Hall–Kier alpha value is -3.28. The van der Waals surface area contributed by atoms with Gasteiger partial charge in [-0.05, 0) is 54.7 Å². The van der Waals surface area contributed by atoms with E-state index in [1.165, 1.54) is 24.0 Å². The lowest BCUT2D eigenvalue weighted by Crippen LogP contribution is -2.31. The van der Waals surface area contributed by atoms with Crippen LogP contribution in [0.2, 0.25) is 0 Å². The number of para-hydroxylation sites is 1. The fourth-order valence-corrected chi connectivity index (χ4v) is 3.99. The Labute approximate surface area is 176 Å². The first-order chi connectivity index (χ1) is 14.7. The Morgan fingerprint density at radius 1 is 0.933 bits per heavy atom. The van der Waals surface area contributed by atoms with Crippen molar-refractivity contribution in [2.24, 2.45) is 0 Å². The zero-order valence-corrected chi connectivity index (χ0v) is 17.4. The quantitative estimate of drug-likeness (QED) is 0.646. The second kappa shape index (κ2) is 7.86. The Kier molecular flexibility index (Phi) is 4.91. The molecule has 1 N–H and O–H groups in total. The van der Waals surface area contributed by atoms with Gasteiger partial charge in [0.25, 0.3) is 0 Å². The maximum absolute atomic E-state index is 5.51. The summed E-state index contributed by atoms with van der Waals surface area (Å²) in [5.41, 5.74) is 4.69. The molecule has 154 valence electrons. The number of rotatable bonds is 6. The van der Waals surface area contributed by atoms with Crippen molar-refractivity contribution < 1.29 is 9.47 Å². The molecular formula is C24H26N4O2. The maximum atomic E-state index is 5.51. The van der Waals surface area contributed by atoms with Crippen LogP contribution < -0.4 is 19.7 Å². The van der Waals surface area contributed by atoms with Gasteiger partial charge in [0.1, 0.15) is 5.82 Å². The fraction of sp³-hybridized carbons (Fsp3) is 0.333. The number of nitrogens with zero attached hydrogens (tertiary/aromatic N) is 3. The molecule has 0 bridgehead atoms. The average molecular weight is 402 g/mol. The van der Waals surface area contributed by atoms with Crippen LogP contribution in [0.25, 0.3) is 0 Å². The van der Waals surface area contributed by atoms with Crippen LogP contribution >= 0.6 is 0 Å². The number of methoxy groups -OCH3 is 2. The molecule has 0 saturated heterocycles. The van der Waals surface area contributed by atoms with Crippen LogP contribution in [0.15, 0.2) is 48.5 Å². The molecule has 1 aliphatic carbocycles. The van der Waals surface area contributed by atoms with Gasteiger partial charge in [-0.3, -0.25) is 0 Å². The molecule has 0 radical (unpaired) electrons. The van der Waals surface area contributed by atoms with E-state index in [2.05, 4.69) is 28.4 Å². The number of hydrogen-bond acceptors (Lipinski definition) is 6. The van der Waals surface area contributed by atoms with E-state index in [4.69, 9.17) is 19.4 Å². The molecule has 6 heteroatoms. The van der Waals surface area contributed by atoms with Crippen molar-refractivity contribution >= 4 is 17.5 Å². The first kappa shape index (κ1) is 18.7. The molecule has 1 aliphatic heterocycles. The van der Waals surface area contributed by atoms with Crippen molar-refractivity contribution in [2.45, 2.75) is 31.7 Å². The third kappa shape index (κ3) is 3.77. The third-order valence-electron chi connectivity index (χ3n) is 5.80. The first-order valence-electron chi connectivity index (χ1n) is 10.4. The summed E-state index contributed by atoms with van der Waals surface area (Å²) in [6.45, 7) is 1.70. The van der Waals surface area contributed by atoms with Crippen LogP contribution in [-0.4, -0.2) is 30.7 Å². The average Bonchev–Trinajstić information content (AvgIpc) is 3.64. The highest BCUT2D eigenvalue weighted by Crippen LogP contribution is 2.41. The van der Waals surface area contributed by atoms with Crippen molar-refractivity contribution in [3.63, 3.8) is 0 Å². The zero-order chi connectivity index (χ0) is 20.5. The van der Waals surface area contributed by atoms with Gasteiger partial charge in [0.2, 0.25) is 5.95 Å². The third-order valence-corrected chi connectivity index (χ3v) is 5.80. The summed E-state index contributed by atoms with van der Waals surface area (Å²) in [6, 6.07) is 16.4. The molecule has 1 aromatic heterocycles. The Balaban J connectivity index is 1.45. The summed E-state index contributed by atoms with van der Waals surface area (Å²) >= 11 is 0. The van der Waals surface area contributed by atoms with E-state index < -0.39 is 0 Å². The topological polar surface area (TPSA) is 59.5 Å². The molecule has 0 spiro atoms. The minimum atomic E-state index is 0.560. The lowest BCUT2D eigenvalue weighted by molar-refractivity contribution is 0.353. The molecule has 2 heterocycles. The van der Waals surface area contributed by atoms with E-state index in [1.807, 2.05) is 30.3 Å². The van der Waals surface area contributed by atoms with Gasteiger partial charge in [-0.2, -0.15) is 4.98 Å². The molecule has 3 aromatic rings. The highest BCUT2D eigenvalue weighted by Gasteiger charge is 2.28. The summed E-state index contributed by atoms with van der Waals surface area (Å²) in [5, 5.41) is 3.37. The van der Waals surface area contributed by atoms with Crippen LogP contribution in [0, 0.1) is 0 Å². The van der Waals surface area contributed by atoms with Crippen molar-refractivity contribution in [3.05, 3.63) is 65.4 Å². The predicted molar refractivity (Wildman–Crippen MR) is 118 cm³/mol. The molecule has 2 aliphatic rings. The molecule has 6 nitrogen and oxygen atoms in total. The van der Waals surface area contributed by atoms with Crippen molar-refractivity contribution in [3.8, 4) is 11.5 Å². The molecular weight excluding hydrogens is 376 g/mol. The van der Waals surface area contributed by atoms with Crippen LogP contribution in [0.1, 0.15) is 35.6 Å². The minimum Gasteiger partial charge on any atom is -0.493 e. The number of hydrogen-bond donors (Lipinski definition) is 1. The van der Waals surface area contributed by atoms with Crippen molar-refractivity contribution in [1.82, 2.24) is 9.97 Å². The van der Waals surface area contributed by atoms with E-state index in [0.717, 1.165) is 48.2 Å². The van der Waals surface area contributed by atoms with Gasteiger partial charge < -0.3 is 19.7 Å². The Morgan fingerprint density at radius 2 is 1.67 bits per heavy atom. The molecule has 2 aromatic carbocycles. The van der Waals surface area contributed by atoms with Crippen LogP contribution in [-0.2, 0) is 13.0 Å². The molecule has 1 fully saturated rings. The van der Waals surface area contributed by atoms with E-state index in [1.54, 1.807) is 14.2 Å². The number of fused-ring (bicyclic) bond motifs is 1. The van der Waals surface area contributed by atoms with Gasteiger partial charge in [-0.15, -0.1) is 0 Å². The fourth-order valence-electron chi connectivity index (χ4n) is 3.99. The smallest absolute Gasteiger partial charge is 0.229 e. The summed E-state index contributed by atoms with van der Waals surface area (Å²) in [4.78, 5) is 12.0. The number of aromatic nitrogens is 2. The largest absolute Gasteiger partial charge is 0.493 e. The lowest BCUT2D eigenvalue weighted by atomic mass is 9.98. The van der Waals surface area contributed by atoms with E-state index in [0.29, 0.717) is 11.9 Å². The second-order valence-electron chi connectivity index (χ2n) is 7.89. The molecule has 0 unspecified atom stereocenters. The van der Waals surface area contributed by atoms with Crippen LogP contribution in [0.5, 0.6) is 11.5 Å². The highest BCUT2D eigenvalue weighted by atomic mass is 16.5. The number of ether oxygens (including phenoxy) is 2. The minimum absolute atomic E-state index is 0.560. The normalized spacial score (nSPS) is 15.5. The second-order valence-corrected chi connectivity index (χ2v) is 7.89. The summed E-state index contributed by atoms with van der Waals surface area (Å²) in [7, 11) is 3.36. The molecule has 1 saturated carbocycles. The first-order valence-corrected chi connectivity index (χ1v) is 10.4. The number of nitrogens with one attached hydrogen (secondary N) is 1. The summed E-state index contributed by atoms with van der Waals surface area (Å²) in [6.07, 6.45) is 3.36. The van der Waals surface area contributed by atoms with Crippen molar-refractivity contribution in [2.75, 3.05) is 31.0 Å². The van der Waals surface area contributed by atoms with Gasteiger partial charge in [0.15, 0.2) is 11.5 Å². The number of anilines is 3. The van der Waals surface area contributed by atoms with Gasteiger partial charge in [0.05, 0.1) is 19.9 Å². The summed E-state index contributed by atoms with van der Waals surface area (Å²) in [5.74, 6) is 3.76. The highest BCUT2D eigenvalue weighted by molar-refractivity contribution is 5.57. The molecule has 0 amide bonds. The van der Waals surface area contributed by atoms with Crippen molar-refractivity contribution in [1.29, 1.82) is 0 Å².